The van der Waals surface area contributed by atoms with Gasteiger partial charge in [0.2, 0.25) is 5.91 Å². The first-order valence-electron chi connectivity index (χ1n) is 10.6. The number of hydrogen-bond donors (Lipinski definition) is 0. The number of amides is 3. The lowest BCUT2D eigenvalue weighted by Crippen LogP contribution is -2.40. The Morgan fingerprint density at radius 3 is 2.53 bits per heavy atom. The predicted octanol–water partition coefficient (Wildman–Crippen LogP) is 4.34. The Kier molecular flexibility index (Phi) is 7.38. The smallest absolute Gasteiger partial charge is 0.344 e. The Labute approximate surface area is 209 Å². The van der Waals surface area contributed by atoms with Crippen molar-refractivity contribution in [3.05, 3.63) is 63.0 Å². The molecular formula is C24H21BrN2O6S. The maximum Gasteiger partial charge on any atom is 0.344 e. The highest BCUT2D eigenvalue weighted by molar-refractivity contribution is 9.10. The summed E-state index contributed by atoms with van der Waals surface area (Å²) < 4.78 is 11.4. The minimum Gasteiger partial charge on any atom is -0.493 e. The van der Waals surface area contributed by atoms with E-state index < -0.39 is 17.1 Å². The molecule has 176 valence electrons. The molecule has 3 amide bonds. The average Bonchev–Trinajstić information content (AvgIpc) is 3.45. The number of carbonyl (C=O) groups excluding carboxylic acids is 4. The number of hydrogen-bond acceptors (Lipinski definition) is 7. The van der Waals surface area contributed by atoms with Gasteiger partial charge < -0.3 is 14.4 Å². The van der Waals surface area contributed by atoms with E-state index in [4.69, 9.17) is 9.47 Å². The fourth-order valence-electron chi connectivity index (χ4n) is 3.63. The van der Waals surface area contributed by atoms with Gasteiger partial charge in [-0.05, 0) is 76.4 Å². The molecule has 2 heterocycles. The van der Waals surface area contributed by atoms with Crippen LogP contribution in [0.15, 0.2) is 51.8 Å². The molecule has 2 aliphatic rings. The molecular weight excluding hydrogens is 524 g/mol. The summed E-state index contributed by atoms with van der Waals surface area (Å²) >= 11 is 4.11. The Morgan fingerprint density at radius 2 is 1.82 bits per heavy atom. The van der Waals surface area contributed by atoms with Gasteiger partial charge in [-0.15, -0.1) is 0 Å². The lowest BCUT2D eigenvalue weighted by molar-refractivity contribution is -0.135. The van der Waals surface area contributed by atoms with Gasteiger partial charge in [0.05, 0.1) is 17.6 Å². The summed E-state index contributed by atoms with van der Waals surface area (Å²) in [5, 5.41) is -0.477. The van der Waals surface area contributed by atoms with E-state index in [2.05, 4.69) is 15.9 Å². The number of esters is 1. The first kappa shape index (κ1) is 24.0. The van der Waals surface area contributed by atoms with Crippen molar-refractivity contribution in [3.8, 4) is 11.5 Å². The van der Waals surface area contributed by atoms with Crippen LogP contribution in [0.3, 0.4) is 0 Å². The van der Waals surface area contributed by atoms with Gasteiger partial charge in [-0.3, -0.25) is 19.3 Å². The maximum atomic E-state index is 12.8. The summed E-state index contributed by atoms with van der Waals surface area (Å²) in [5.74, 6) is -0.783. The maximum absolute atomic E-state index is 12.8. The minimum atomic E-state index is -0.553. The molecule has 0 N–H and O–H groups in total. The Bertz CT molecular complexity index is 1190. The van der Waals surface area contributed by atoms with E-state index in [1.807, 2.05) is 0 Å². The molecule has 4 rings (SSSR count). The lowest BCUT2D eigenvalue weighted by atomic mass is 10.1. The molecule has 0 spiro atoms. The molecule has 2 aliphatic heterocycles. The van der Waals surface area contributed by atoms with Crippen LogP contribution in [0.25, 0.3) is 6.08 Å². The van der Waals surface area contributed by atoms with Crippen molar-refractivity contribution < 1.29 is 28.7 Å². The van der Waals surface area contributed by atoms with Crippen LogP contribution < -0.4 is 9.47 Å². The van der Waals surface area contributed by atoms with Crippen LogP contribution in [0.4, 0.5) is 4.79 Å². The number of likely N-dealkylation sites (tertiary alicyclic amines) is 1. The third kappa shape index (κ3) is 5.18. The van der Waals surface area contributed by atoms with E-state index >= 15 is 0 Å². The van der Waals surface area contributed by atoms with Crippen molar-refractivity contribution in [2.24, 2.45) is 0 Å². The summed E-state index contributed by atoms with van der Waals surface area (Å²) in [4.78, 5) is 52.9. The zero-order chi connectivity index (χ0) is 24.2. The quantitative estimate of drug-likeness (QED) is 0.303. The standard InChI is InChI=1S/C24H21BrN2O6S/c1-32-19-12-15(8-9-18(19)33-23(30)16-6-2-3-7-17(16)25)13-20-22(29)27(24(31)34-20)14-21(28)26-10-4-5-11-26/h2-3,6-9,12-13H,4-5,10-11,14H2,1H3/b20-13-. The topological polar surface area (TPSA) is 93.2 Å². The van der Waals surface area contributed by atoms with E-state index in [1.165, 1.54) is 7.11 Å². The van der Waals surface area contributed by atoms with Gasteiger partial charge in [0.15, 0.2) is 11.5 Å². The number of benzene rings is 2. The van der Waals surface area contributed by atoms with Gasteiger partial charge in [0.1, 0.15) is 6.54 Å². The second-order valence-corrected chi connectivity index (χ2v) is 9.48. The van der Waals surface area contributed by atoms with E-state index in [-0.39, 0.29) is 28.9 Å². The molecule has 0 aromatic heterocycles. The zero-order valence-electron chi connectivity index (χ0n) is 18.3. The molecule has 2 saturated heterocycles. The van der Waals surface area contributed by atoms with Gasteiger partial charge >= 0.3 is 5.97 Å². The van der Waals surface area contributed by atoms with Gasteiger partial charge in [-0.1, -0.05) is 18.2 Å². The number of nitrogens with zero attached hydrogens (tertiary/aromatic N) is 2. The van der Waals surface area contributed by atoms with Gasteiger partial charge in [-0.2, -0.15) is 0 Å². The zero-order valence-corrected chi connectivity index (χ0v) is 20.7. The SMILES string of the molecule is COc1cc(/C=C2\SC(=O)N(CC(=O)N3CCCC3)C2=O)ccc1OC(=O)c1ccccc1Br. The van der Waals surface area contributed by atoms with Crippen LogP contribution in [0.1, 0.15) is 28.8 Å². The number of imide groups is 1. The molecule has 0 bridgehead atoms. The molecule has 8 nitrogen and oxygen atoms in total. The fraction of sp³-hybridized carbons (Fsp3) is 0.250. The first-order valence-corrected chi connectivity index (χ1v) is 12.2. The van der Waals surface area contributed by atoms with E-state index in [9.17, 15) is 19.2 Å². The summed E-state index contributed by atoms with van der Waals surface area (Å²) in [6.07, 6.45) is 3.42. The fourth-order valence-corrected chi connectivity index (χ4v) is 4.91. The molecule has 2 fully saturated rings. The van der Waals surface area contributed by atoms with Crippen LogP contribution >= 0.6 is 27.7 Å². The van der Waals surface area contributed by atoms with Crippen molar-refractivity contribution in [1.82, 2.24) is 9.80 Å². The third-order valence-electron chi connectivity index (χ3n) is 5.41. The number of ether oxygens (including phenoxy) is 2. The molecule has 0 saturated carbocycles. The summed E-state index contributed by atoms with van der Waals surface area (Å²) in [6.45, 7) is 1.06. The Morgan fingerprint density at radius 1 is 1.09 bits per heavy atom. The first-order chi connectivity index (χ1) is 16.4. The number of rotatable bonds is 6. The average molecular weight is 545 g/mol. The molecule has 0 aliphatic carbocycles. The Hall–Kier alpha value is -3.11. The minimum absolute atomic E-state index is 0.208. The summed E-state index contributed by atoms with van der Waals surface area (Å²) in [5.41, 5.74) is 0.944. The second kappa shape index (κ2) is 10.4. The Balaban J connectivity index is 1.49. The molecule has 0 atom stereocenters. The summed E-state index contributed by atoms with van der Waals surface area (Å²) in [6, 6.07) is 11.7. The normalized spacial score (nSPS) is 16.9. The van der Waals surface area contributed by atoms with Crippen molar-refractivity contribution in [1.29, 1.82) is 0 Å². The van der Waals surface area contributed by atoms with Gasteiger partial charge in [0.25, 0.3) is 11.1 Å². The third-order valence-corrected chi connectivity index (χ3v) is 7.01. The van der Waals surface area contributed by atoms with E-state index in [0.29, 0.717) is 28.7 Å². The van der Waals surface area contributed by atoms with E-state index in [1.54, 1.807) is 53.4 Å². The highest BCUT2D eigenvalue weighted by atomic mass is 79.9. The van der Waals surface area contributed by atoms with Crippen molar-refractivity contribution >= 4 is 56.8 Å². The number of carbonyl (C=O) groups is 4. The molecule has 0 radical (unpaired) electrons. The number of halogens is 1. The highest BCUT2D eigenvalue weighted by Gasteiger charge is 2.37. The van der Waals surface area contributed by atoms with Crippen LogP contribution in [0, 0.1) is 0 Å². The van der Waals surface area contributed by atoms with Crippen LogP contribution in [0.2, 0.25) is 0 Å². The predicted molar refractivity (Wildman–Crippen MR) is 131 cm³/mol. The van der Waals surface area contributed by atoms with E-state index in [0.717, 1.165) is 29.5 Å². The largest absolute Gasteiger partial charge is 0.493 e. The molecule has 0 unspecified atom stereocenters. The van der Waals surface area contributed by atoms with Gasteiger partial charge in [0, 0.05) is 17.6 Å². The molecule has 2 aromatic carbocycles. The van der Waals surface area contributed by atoms with Crippen LogP contribution in [-0.4, -0.2) is 59.6 Å². The number of methoxy groups -OCH3 is 1. The van der Waals surface area contributed by atoms with Gasteiger partial charge in [-0.25, -0.2) is 4.79 Å². The highest BCUT2D eigenvalue weighted by Crippen LogP contribution is 2.35. The second-order valence-electron chi connectivity index (χ2n) is 7.64. The molecule has 10 heteroatoms. The van der Waals surface area contributed by atoms with Crippen molar-refractivity contribution in [3.63, 3.8) is 0 Å². The molecule has 34 heavy (non-hydrogen) atoms. The van der Waals surface area contributed by atoms with Crippen molar-refractivity contribution in [2.75, 3.05) is 26.7 Å². The lowest BCUT2D eigenvalue weighted by Gasteiger charge is -2.18. The summed E-state index contributed by atoms with van der Waals surface area (Å²) in [7, 11) is 1.44. The van der Waals surface area contributed by atoms with Crippen LogP contribution in [-0.2, 0) is 9.59 Å². The molecule has 2 aromatic rings. The van der Waals surface area contributed by atoms with Crippen molar-refractivity contribution in [2.45, 2.75) is 12.8 Å². The monoisotopic (exact) mass is 544 g/mol. The number of thioether (sulfide) groups is 1. The van der Waals surface area contributed by atoms with Crippen LogP contribution in [0.5, 0.6) is 11.5 Å².